The van der Waals surface area contributed by atoms with Crippen molar-refractivity contribution >= 4 is 0 Å². The van der Waals surface area contributed by atoms with E-state index >= 15 is 0 Å². The molecule has 1 atom stereocenters. The molecule has 0 aromatic rings. The Labute approximate surface area is 100 Å². The van der Waals surface area contributed by atoms with Gasteiger partial charge in [0, 0.05) is 44.3 Å². The quantitative estimate of drug-likeness (QED) is 0.761. The molecule has 0 aromatic carbocycles. The Morgan fingerprint density at radius 1 is 1.12 bits per heavy atom. The van der Waals surface area contributed by atoms with Gasteiger partial charge in [-0.3, -0.25) is 9.80 Å². The van der Waals surface area contributed by atoms with E-state index in [9.17, 15) is 0 Å². The van der Waals surface area contributed by atoms with Gasteiger partial charge in [-0.15, -0.1) is 0 Å². The van der Waals surface area contributed by atoms with Crippen LogP contribution in [0, 0.1) is 0 Å². The van der Waals surface area contributed by atoms with Crippen LogP contribution in [0.5, 0.6) is 0 Å². The van der Waals surface area contributed by atoms with Gasteiger partial charge in [-0.2, -0.15) is 0 Å². The molecule has 0 amide bonds. The van der Waals surface area contributed by atoms with Crippen LogP contribution >= 0.6 is 0 Å². The van der Waals surface area contributed by atoms with E-state index in [4.69, 9.17) is 0 Å². The standard InChI is InChI=1S/C13H27N3/c1-13(2,3)16-9-7-15(8-10-16)11-12-5-4-6-14-12/h12,14H,4-11H2,1-3H3/t12-/m1/s1. The SMILES string of the molecule is CC(C)(C)N1CCN(C[C@H]2CCCN2)CC1. The van der Waals surface area contributed by atoms with Crippen molar-refractivity contribution in [3.8, 4) is 0 Å². The molecule has 2 fully saturated rings. The summed E-state index contributed by atoms with van der Waals surface area (Å²) in [6, 6.07) is 0.765. The summed E-state index contributed by atoms with van der Waals surface area (Å²) < 4.78 is 0. The predicted molar refractivity (Wildman–Crippen MR) is 68.8 cm³/mol. The monoisotopic (exact) mass is 225 g/mol. The van der Waals surface area contributed by atoms with Crippen LogP contribution in [0.15, 0.2) is 0 Å². The number of rotatable bonds is 2. The summed E-state index contributed by atoms with van der Waals surface area (Å²) in [4.78, 5) is 5.23. The highest BCUT2D eigenvalue weighted by atomic mass is 15.3. The summed E-state index contributed by atoms with van der Waals surface area (Å²) >= 11 is 0. The molecule has 2 heterocycles. The van der Waals surface area contributed by atoms with E-state index < -0.39 is 0 Å². The number of nitrogens with one attached hydrogen (secondary N) is 1. The van der Waals surface area contributed by atoms with E-state index in [-0.39, 0.29) is 0 Å². The Kier molecular flexibility index (Phi) is 3.88. The van der Waals surface area contributed by atoms with Gasteiger partial charge in [-0.05, 0) is 40.2 Å². The van der Waals surface area contributed by atoms with Crippen LogP contribution < -0.4 is 5.32 Å². The van der Waals surface area contributed by atoms with Crippen LogP contribution in [0.25, 0.3) is 0 Å². The second kappa shape index (κ2) is 5.03. The smallest absolute Gasteiger partial charge is 0.0195 e. The Bertz CT molecular complexity index is 208. The maximum Gasteiger partial charge on any atom is 0.0195 e. The molecular weight excluding hydrogens is 198 g/mol. The van der Waals surface area contributed by atoms with Gasteiger partial charge in [-0.25, -0.2) is 0 Å². The van der Waals surface area contributed by atoms with E-state index in [0.29, 0.717) is 5.54 Å². The molecule has 0 unspecified atom stereocenters. The first-order chi connectivity index (χ1) is 7.55. The van der Waals surface area contributed by atoms with Gasteiger partial charge in [0.2, 0.25) is 0 Å². The zero-order valence-electron chi connectivity index (χ0n) is 11.1. The van der Waals surface area contributed by atoms with Gasteiger partial charge < -0.3 is 5.32 Å². The summed E-state index contributed by atoms with van der Waals surface area (Å²) in [5, 5.41) is 3.59. The van der Waals surface area contributed by atoms with Crippen molar-refractivity contribution < 1.29 is 0 Å². The molecule has 94 valence electrons. The highest BCUT2D eigenvalue weighted by Crippen LogP contribution is 2.16. The topological polar surface area (TPSA) is 18.5 Å². The van der Waals surface area contributed by atoms with Gasteiger partial charge in [0.1, 0.15) is 0 Å². The summed E-state index contributed by atoms with van der Waals surface area (Å²) in [6.45, 7) is 14.4. The van der Waals surface area contributed by atoms with Crippen LogP contribution in [0.1, 0.15) is 33.6 Å². The molecule has 0 spiro atoms. The fraction of sp³-hybridized carbons (Fsp3) is 1.00. The lowest BCUT2D eigenvalue weighted by molar-refractivity contribution is 0.0590. The second-order valence-corrected chi connectivity index (χ2v) is 6.25. The minimum Gasteiger partial charge on any atom is -0.313 e. The predicted octanol–water partition coefficient (Wildman–Crippen LogP) is 1.15. The van der Waals surface area contributed by atoms with Crippen LogP contribution in [0.3, 0.4) is 0 Å². The molecule has 0 aromatic heterocycles. The summed E-state index contributed by atoms with van der Waals surface area (Å²) in [6.07, 6.45) is 2.74. The number of piperazine rings is 1. The van der Waals surface area contributed by atoms with Gasteiger partial charge in [-0.1, -0.05) is 0 Å². The van der Waals surface area contributed by atoms with Crippen molar-refractivity contribution in [2.45, 2.75) is 45.2 Å². The van der Waals surface area contributed by atoms with E-state index in [1.807, 2.05) is 0 Å². The lowest BCUT2D eigenvalue weighted by atomic mass is 10.0. The third kappa shape index (κ3) is 3.19. The maximum atomic E-state index is 3.59. The third-order valence-corrected chi connectivity index (χ3v) is 3.96. The average Bonchev–Trinajstić information content (AvgIpc) is 2.70. The molecule has 2 aliphatic rings. The van der Waals surface area contributed by atoms with Crippen molar-refractivity contribution in [2.24, 2.45) is 0 Å². The van der Waals surface area contributed by atoms with Gasteiger partial charge in [0.25, 0.3) is 0 Å². The molecule has 0 bridgehead atoms. The minimum atomic E-state index is 0.345. The normalized spacial score (nSPS) is 29.8. The van der Waals surface area contributed by atoms with Crippen LogP contribution in [-0.2, 0) is 0 Å². The van der Waals surface area contributed by atoms with Crippen LogP contribution in [0.2, 0.25) is 0 Å². The molecule has 2 saturated heterocycles. The Balaban J connectivity index is 1.72. The Hall–Kier alpha value is -0.120. The van der Waals surface area contributed by atoms with Crippen molar-refractivity contribution in [3.63, 3.8) is 0 Å². The molecule has 3 nitrogen and oxygen atoms in total. The van der Waals surface area contributed by atoms with E-state index in [0.717, 1.165) is 6.04 Å². The second-order valence-electron chi connectivity index (χ2n) is 6.25. The number of hydrogen-bond acceptors (Lipinski definition) is 3. The van der Waals surface area contributed by atoms with Crippen LogP contribution in [-0.4, -0.2) is 60.6 Å². The molecular formula is C13H27N3. The number of nitrogens with zero attached hydrogens (tertiary/aromatic N) is 2. The maximum absolute atomic E-state index is 3.59. The summed E-state index contributed by atoms with van der Waals surface area (Å²) in [5.74, 6) is 0. The van der Waals surface area contributed by atoms with Crippen molar-refractivity contribution in [3.05, 3.63) is 0 Å². The van der Waals surface area contributed by atoms with Crippen molar-refractivity contribution in [1.29, 1.82) is 0 Å². The minimum absolute atomic E-state index is 0.345. The van der Waals surface area contributed by atoms with Gasteiger partial charge in [0.05, 0.1) is 0 Å². The highest BCUT2D eigenvalue weighted by Gasteiger charge is 2.27. The van der Waals surface area contributed by atoms with Crippen molar-refractivity contribution in [2.75, 3.05) is 39.3 Å². The molecule has 0 radical (unpaired) electrons. The lowest BCUT2D eigenvalue weighted by Crippen LogP contribution is -2.55. The molecule has 2 rings (SSSR count). The van der Waals surface area contributed by atoms with Gasteiger partial charge >= 0.3 is 0 Å². The fourth-order valence-corrected chi connectivity index (χ4v) is 2.83. The van der Waals surface area contributed by atoms with Gasteiger partial charge in [0.15, 0.2) is 0 Å². The molecule has 0 aliphatic carbocycles. The molecule has 3 heteroatoms. The molecule has 1 N–H and O–H groups in total. The van der Waals surface area contributed by atoms with E-state index in [1.54, 1.807) is 0 Å². The summed E-state index contributed by atoms with van der Waals surface area (Å²) in [7, 11) is 0. The van der Waals surface area contributed by atoms with E-state index in [1.165, 1.54) is 52.1 Å². The van der Waals surface area contributed by atoms with Crippen LogP contribution in [0.4, 0.5) is 0 Å². The number of hydrogen-bond donors (Lipinski definition) is 1. The zero-order chi connectivity index (χ0) is 11.6. The highest BCUT2D eigenvalue weighted by molar-refractivity contribution is 4.84. The van der Waals surface area contributed by atoms with Crippen molar-refractivity contribution in [1.82, 2.24) is 15.1 Å². The zero-order valence-corrected chi connectivity index (χ0v) is 11.1. The third-order valence-electron chi connectivity index (χ3n) is 3.96. The lowest BCUT2D eigenvalue weighted by Gasteiger charge is -2.42. The molecule has 0 saturated carbocycles. The first kappa shape index (κ1) is 12.3. The van der Waals surface area contributed by atoms with E-state index in [2.05, 4.69) is 35.9 Å². The fourth-order valence-electron chi connectivity index (χ4n) is 2.83. The summed E-state index contributed by atoms with van der Waals surface area (Å²) in [5.41, 5.74) is 0.345. The largest absolute Gasteiger partial charge is 0.313 e. The Morgan fingerprint density at radius 3 is 2.31 bits per heavy atom. The molecule has 16 heavy (non-hydrogen) atoms. The first-order valence-electron chi connectivity index (χ1n) is 6.76. The first-order valence-corrected chi connectivity index (χ1v) is 6.76. The average molecular weight is 225 g/mol. The Morgan fingerprint density at radius 2 is 1.81 bits per heavy atom. The molecule has 2 aliphatic heterocycles.